The van der Waals surface area contributed by atoms with Gasteiger partial charge in [0, 0.05) is 12.6 Å². The maximum absolute atomic E-state index is 12.8. The molecule has 0 radical (unpaired) electrons. The van der Waals surface area contributed by atoms with E-state index < -0.39 is 9.84 Å². The van der Waals surface area contributed by atoms with Crippen LogP contribution in [0.15, 0.2) is 59.5 Å². The predicted molar refractivity (Wildman–Crippen MR) is 92.5 cm³/mol. The third-order valence-corrected chi connectivity index (χ3v) is 5.80. The number of hydrogen-bond donors (Lipinski definition) is 2. The predicted octanol–water partition coefficient (Wildman–Crippen LogP) is 1.75. The van der Waals surface area contributed by atoms with Crippen molar-refractivity contribution in [2.45, 2.75) is 23.1 Å². The van der Waals surface area contributed by atoms with Gasteiger partial charge in [-0.2, -0.15) is 0 Å². The molecule has 0 unspecified atom stereocenters. The lowest BCUT2D eigenvalue weighted by atomic mass is 10.2. The van der Waals surface area contributed by atoms with Gasteiger partial charge in [0.25, 0.3) is 5.91 Å². The molecule has 0 bridgehead atoms. The Hall–Kier alpha value is -2.18. The van der Waals surface area contributed by atoms with Crippen LogP contribution in [-0.4, -0.2) is 33.5 Å². The average molecular weight is 344 g/mol. The zero-order chi connectivity index (χ0) is 17.0. The van der Waals surface area contributed by atoms with Crippen LogP contribution in [0.3, 0.4) is 0 Å². The molecule has 0 aliphatic carbocycles. The highest BCUT2D eigenvalue weighted by Crippen LogP contribution is 2.21. The molecule has 1 aliphatic heterocycles. The molecule has 2 N–H and O–H groups in total. The molecule has 3 rings (SSSR count). The molecule has 1 fully saturated rings. The van der Waals surface area contributed by atoms with Gasteiger partial charge in [0.15, 0.2) is 9.84 Å². The van der Waals surface area contributed by atoms with Crippen molar-refractivity contribution in [3.8, 4) is 0 Å². The van der Waals surface area contributed by atoms with E-state index in [2.05, 4.69) is 10.6 Å². The molecule has 1 atom stereocenters. The standard InChI is InChI=1S/C18H20N2O3S/c21-18(20-15-10-11-19-12-15)16-8-4-5-9-17(16)24(22,23)13-14-6-2-1-3-7-14/h1-9,15,19H,10-13H2,(H,20,21)/t15-/m0/s1. The van der Waals surface area contributed by atoms with E-state index in [4.69, 9.17) is 0 Å². The Morgan fingerprint density at radius 1 is 1.08 bits per heavy atom. The first-order valence-corrected chi connectivity index (χ1v) is 9.59. The number of carbonyl (C=O) groups excluding carboxylic acids is 1. The van der Waals surface area contributed by atoms with E-state index >= 15 is 0 Å². The molecule has 1 aliphatic rings. The minimum atomic E-state index is -3.60. The van der Waals surface area contributed by atoms with Crippen molar-refractivity contribution in [3.63, 3.8) is 0 Å². The second-order valence-corrected chi connectivity index (χ2v) is 7.86. The first-order chi connectivity index (χ1) is 11.6. The quantitative estimate of drug-likeness (QED) is 0.867. The number of carbonyl (C=O) groups is 1. The summed E-state index contributed by atoms with van der Waals surface area (Å²) in [6.45, 7) is 1.57. The molecule has 1 amide bonds. The van der Waals surface area contributed by atoms with E-state index in [0.717, 1.165) is 13.0 Å². The van der Waals surface area contributed by atoms with E-state index in [9.17, 15) is 13.2 Å². The normalized spacial score (nSPS) is 17.6. The summed E-state index contributed by atoms with van der Waals surface area (Å²) in [6, 6.07) is 15.4. The number of sulfone groups is 1. The summed E-state index contributed by atoms with van der Waals surface area (Å²) in [5.41, 5.74) is 0.910. The molecule has 2 aromatic carbocycles. The van der Waals surface area contributed by atoms with E-state index in [1.54, 1.807) is 42.5 Å². The number of benzene rings is 2. The first kappa shape index (κ1) is 16.7. The first-order valence-electron chi connectivity index (χ1n) is 7.93. The molecule has 5 nitrogen and oxygen atoms in total. The number of amides is 1. The van der Waals surface area contributed by atoms with Crippen molar-refractivity contribution < 1.29 is 13.2 Å². The van der Waals surface area contributed by atoms with Gasteiger partial charge in [-0.05, 0) is 30.7 Å². The van der Waals surface area contributed by atoms with E-state index in [1.165, 1.54) is 6.07 Å². The smallest absolute Gasteiger partial charge is 0.252 e. The van der Waals surface area contributed by atoms with Crippen LogP contribution in [0, 0.1) is 0 Å². The molecule has 2 aromatic rings. The molecule has 24 heavy (non-hydrogen) atoms. The molecule has 0 saturated carbocycles. The van der Waals surface area contributed by atoms with Crippen molar-refractivity contribution in [1.82, 2.24) is 10.6 Å². The molecular weight excluding hydrogens is 324 g/mol. The lowest BCUT2D eigenvalue weighted by Gasteiger charge is -2.14. The van der Waals surface area contributed by atoms with Crippen LogP contribution in [0.4, 0.5) is 0 Å². The Kier molecular flexibility index (Phi) is 4.97. The monoisotopic (exact) mass is 344 g/mol. The maximum Gasteiger partial charge on any atom is 0.252 e. The van der Waals surface area contributed by atoms with Crippen LogP contribution in [-0.2, 0) is 15.6 Å². The second kappa shape index (κ2) is 7.15. The minimum absolute atomic E-state index is 0.0439. The van der Waals surface area contributed by atoms with E-state index in [-0.39, 0.29) is 28.2 Å². The Morgan fingerprint density at radius 2 is 1.79 bits per heavy atom. The van der Waals surface area contributed by atoms with Crippen LogP contribution in [0.1, 0.15) is 22.3 Å². The van der Waals surface area contributed by atoms with Gasteiger partial charge in [0.05, 0.1) is 16.2 Å². The summed E-state index contributed by atoms with van der Waals surface area (Å²) in [5, 5.41) is 6.08. The number of nitrogens with one attached hydrogen (secondary N) is 2. The van der Waals surface area contributed by atoms with Crippen LogP contribution >= 0.6 is 0 Å². The van der Waals surface area contributed by atoms with Crippen molar-refractivity contribution in [3.05, 3.63) is 65.7 Å². The Morgan fingerprint density at radius 3 is 2.50 bits per heavy atom. The third kappa shape index (κ3) is 3.83. The maximum atomic E-state index is 12.8. The van der Waals surface area contributed by atoms with Gasteiger partial charge < -0.3 is 10.6 Å². The van der Waals surface area contributed by atoms with Gasteiger partial charge in [-0.15, -0.1) is 0 Å². The third-order valence-electron chi connectivity index (χ3n) is 4.06. The number of hydrogen-bond acceptors (Lipinski definition) is 4. The molecule has 126 valence electrons. The topological polar surface area (TPSA) is 75.3 Å². The van der Waals surface area contributed by atoms with Crippen molar-refractivity contribution in [2.75, 3.05) is 13.1 Å². The molecular formula is C18H20N2O3S. The zero-order valence-corrected chi connectivity index (χ0v) is 14.1. The fourth-order valence-electron chi connectivity index (χ4n) is 2.84. The van der Waals surface area contributed by atoms with Crippen LogP contribution in [0.2, 0.25) is 0 Å². The van der Waals surface area contributed by atoms with Gasteiger partial charge in [-0.25, -0.2) is 8.42 Å². The highest BCUT2D eigenvalue weighted by Gasteiger charge is 2.24. The van der Waals surface area contributed by atoms with Crippen LogP contribution in [0.25, 0.3) is 0 Å². The molecule has 0 spiro atoms. The zero-order valence-electron chi connectivity index (χ0n) is 13.2. The van der Waals surface area contributed by atoms with Gasteiger partial charge in [-0.3, -0.25) is 4.79 Å². The SMILES string of the molecule is O=C(N[C@H]1CCNC1)c1ccccc1S(=O)(=O)Cc1ccccc1. The van der Waals surface area contributed by atoms with Gasteiger partial charge in [0.1, 0.15) is 0 Å². The van der Waals surface area contributed by atoms with Gasteiger partial charge in [0.2, 0.25) is 0 Å². The largest absolute Gasteiger partial charge is 0.348 e. The lowest BCUT2D eigenvalue weighted by molar-refractivity contribution is 0.0936. The summed E-state index contributed by atoms with van der Waals surface area (Å²) in [7, 11) is -3.60. The lowest BCUT2D eigenvalue weighted by Crippen LogP contribution is -2.36. The molecule has 1 heterocycles. The highest BCUT2D eigenvalue weighted by molar-refractivity contribution is 7.90. The van der Waals surface area contributed by atoms with Crippen molar-refractivity contribution in [1.29, 1.82) is 0 Å². The summed E-state index contributed by atoms with van der Waals surface area (Å²) in [4.78, 5) is 12.6. The summed E-state index contributed by atoms with van der Waals surface area (Å²) in [5.74, 6) is -0.459. The molecule has 1 saturated heterocycles. The summed E-state index contributed by atoms with van der Waals surface area (Å²) >= 11 is 0. The van der Waals surface area contributed by atoms with Crippen LogP contribution in [0.5, 0.6) is 0 Å². The van der Waals surface area contributed by atoms with Gasteiger partial charge in [-0.1, -0.05) is 42.5 Å². The second-order valence-electron chi connectivity index (χ2n) is 5.90. The summed E-state index contributed by atoms with van der Waals surface area (Å²) < 4.78 is 25.5. The minimum Gasteiger partial charge on any atom is -0.348 e. The van der Waals surface area contributed by atoms with Gasteiger partial charge >= 0.3 is 0 Å². The Bertz CT molecular complexity index is 813. The van der Waals surface area contributed by atoms with Crippen molar-refractivity contribution >= 4 is 15.7 Å². The van der Waals surface area contributed by atoms with E-state index in [1.807, 2.05) is 6.07 Å². The van der Waals surface area contributed by atoms with Crippen molar-refractivity contribution in [2.24, 2.45) is 0 Å². The Balaban J connectivity index is 1.86. The molecule has 6 heteroatoms. The highest BCUT2D eigenvalue weighted by atomic mass is 32.2. The average Bonchev–Trinajstić information content (AvgIpc) is 3.08. The summed E-state index contributed by atoms with van der Waals surface area (Å²) in [6.07, 6.45) is 0.852. The Labute approximate surface area is 142 Å². The fraction of sp³-hybridized carbons (Fsp3) is 0.278. The molecule has 0 aromatic heterocycles. The fourth-order valence-corrected chi connectivity index (χ4v) is 4.41. The van der Waals surface area contributed by atoms with Crippen LogP contribution < -0.4 is 10.6 Å². The number of rotatable bonds is 5. The van der Waals surface area contributed by atoms with E-state index in [0.29, 0.717) is 12.1 Å².